The summed E-state index contributed by atoms with van der Waals surface area (Å²) in [5, 5.41) is 0. The predicted octanol–water partition coefficient (Wildman–Crippen LogP) is -1.65. The van der Waals surface area contributed by atoms with Gasteiger partial charge in [-0.2, -0.15) is 17.0 Å². The Morgan fingerprint density at radius 1 is 1.12 bits per heavy atom. The van der Waals surface area contributed by atoms with E-state index in [-0.39, 0.29) is 37.2 Å². The van der Waals surface area contributed by atoms with Crippen molar-refractivity contribution in [1.29, 1.82) is 0 Å². The molecular formula is C15H29N5O4S. The number of piperazine rings is 1. The summed E-state index contributed by atoms with van der Waals surface area (Å²) in [5.41, 5.74) is 0. The Bertz CT molecular complexity index is 599. The summed E-state index contributed by atoms with van der Waals surface area (Å²) in [5.74, 6) is -0.330. The third-order valence-electron chi connectivity index (χ3n) is 4.72. The lowest BCUT2D eigenvalue weighted by molar-refractivity contribution is -0.137. The molecule has 0 aromatic heterocycles. The predicted molar refractivity (Wildman–Crippen MR) is 94.0 cm³/mol. The number of hydrogen-bond acceptors (Lipinski definition) is 5. The van der Waals surface area contributed by atoms with Crippen molar-refractivity contribution in [3.05, 3.63) is 0 Å². The van der Waals surface area contributed by atoms with Crippen LogP contribution >= 0.6 is 0 Å². The number of carbonyl (C=O) groups excluding carboxylic acids is 2. The zero-order chi connectivity index (χ0) is 18.8. The first kappa shape index (κ1) is 20.1. The number of likely N-dealkylation sites (N-methyl/N-ethyl adjacent to an activating group) is 1. The van der Waals surface area contributed by atoms with Crippen LogP contribution in [0, 0.1) is 5.92 Å². The van der Waals surface area contributed by atoms with Crippen molar-refractivity contribution < 1.29 is 18.0 Å². The minimum atomic E-state index is -3.44. The van der Waals surface area contributed by atoms with E-state index in [0.717, 1.165) is 6.54 Å². The Balaban J connectivity index is 1.88. The molecule has 2 aliphatic heterocycles. The molecule has 2 rings (SSSR count). The molecule has 0 spiro atoms. The molecule has 0 aliphatic carbocycles. The third-order valence-corrected chi connectivity index (χ3v) is 6.66. The standard InChI is InChI=1S/C15H29N5O4S/c1-16(2)5-6-19-12-13(11-14(19)21)15(22)18-7-9-20(10-8-18)25(23,24)17(3)4/h13H,5-12H2,1-4H3. The highest BCUT2D eigenvalue weighted by Gasteiger charge is 2.38. The first-order valence-corrected chi connectivity index (χ1v) is 9.91. The van der Waals surface area contributed by atoms with Crippen molar-refractivity contribution in [3.8, 4) is 0 Å². The van der Waals surface area contributed by atoms with Crippen molar-refractivity contribution >= 4 is 22.0 Å². The molecule has 2 aliphatic rings. The Kier molecular flexibility index (Phi) is 6.41. The minimum Gasteiger partial charge on any atom is -0.341 e. The summed E-state index contributed by atoms with van der Waals surface area (Å²) >= 11 is 0. The number of rotatable bonds is 6. The molecule has 2 fully saturated rings. The molecule has 1 unspecified atom stereocenters. The normalized spacial score (nSPS) is 23.1. The van der Waals surface area contributed by atoms with Gasteiger partial charge in [0, 0.05) is 66.3 Å². The van der Waals surface area contributed by atoms with Crippen LogP contribution in [0.1, 0.15) is 6.42 Å². The molecular weight excluding hydrogens is 346 g/mol. The first-order chi connectivity index (χ1) is 11.6. The highest BCUT2D eigenvalue weighted by Crippen LogP contribution is 2.21. The SMILES string of the molecule is CN(C)CCN1CC(C(=O)N2CCN(S(=O)(=O)N(C)C)CC2)CC1=O. The number of carbonyl (C=O) groups is 2. The topological polar surface area (TPSA) is 84.5 Å². The maximum Gasteiger partial charge on any atom is 0.281 e. The Hall–Kier alpha value is -1.23. The van der Waals surface area contributed by atoms with E-state index in [1.165, 1.54) is 22.7 Å². The van der Waals surface area contributed by atoms with Crippen LogP contribution in [0.15, 0.2) is 0 Å². The average molecular weight is 375 g/mol. The van der Waals surface area contributed by atoms with Gasteiger partial charge in [-0.3, -0.25) is 9.59 Å². The molecule has 1 atom stereocenters. The van der Waals surface area contributed by atoms with Gasteiger partial charge in [-0.1, -0.05) is 0 Å². The van der Waals surface area contributed by atoms with Crippen molar-refractivity contribution in [1.82, 2.24) is 23.3 Å². The second-order valence-corrected chi connectivity index (χ2v) is 9.20. The summed E-state index contributed by atoms with van der Waals surface area (Å²) in [6, 6.07) is 0. The fraction of sp³-hybridized carbons (Fsp3) is 0.867. The number of nitrogens with zero attached hydrogens (tertiary/aromatic N) is 5. The van der Waals surface area contributed by atoms with Gasteiger partial charge in [0.2, 0.25) is 11.8 Å². The van der Waals surface area contributed by atoms with Gasteiger partial charge >= 0.3 is 0 Å². The van der Waals surface area contributed by atoms with Crippen LogP contribution in [0.2, 0.25) is 0 Å². The van der Waals surface area contributed by atoms with Crippen LogP contribution in [0.25, 0.3) is 0 Å². The maximum atomic E-state index is 12.7. The molecule has 2 amide bonds. The van der Waals surface area contributed by atoms with E-state index < -0.39 is 10.2 Å². The van der Waals surface area contributed by atoms with Crippen molar-refractivity contribution in [2.24, 2.45) is 5.92 Å². The summed E-state index contributed by atoms with van der Waals surface area (Å²) in [4.78, 5) is 30.2. The van der Waals surface area contributed by atoms with Crippen LogP contribution in [0.5, 0.6) is 0 Å². The molecule has 2 heterocycles. The molecule has 0 aromatic carbocycles. The van der Waals surface area contributed by atoms with Gasteiger partial charge in [0.15, 0.2) is 0 Å². The molecule has 0 aromatic rings. The third kappa shape index (κ3) is 4.69. The molecule has 0 radical (unpaired) electrons. The van der Waals surface area contributed by atoms with Crippen LogP contribution in [0.3, 0.4) is 0 Å². The lowest BCUT2D eigenvalue weighted by Crippen LogP contribution is -2.54. The summed E-state index contributed by atoms with van der Waals surface area (Å²) in [6.07, 6.45) is 0.252. The minimum absolute atomic E-state index is 0.0222. The molecule has 0 bridgehead atoms. The molecule has 10 heteroatoms. The number of likely N-dealkylation sites (tertiary alicyclic amines) is 1. The van der Waals surface area contributed by atoms with Crippen molar-refractivity contribution in [2.75, 3.05) is 74.0 Å². The lowest BCUT2D eigenvalue weighted by atomic mass is 10.1. The molecule has 0 saturated carbocycles. The largest absolute Gasteiger partial charge is 0.341 e. The number of hydrogen-bond donors (Lipinski definition) is 0. The van der Waals surface area contributed by atoms with Gasteiger partial charge < -0.3 is 14.7 Å². The van der Waals surface area contributed by atoms with Gasteiger partial charge in [-0.25, -0.2) is 0 Å². The quantitative estimate of drug-likeness (QED) is 0.555. The highest BCUT2D eigenvalue weighted by atomic mass is 32.2. The van der Waals surface area contributed by atoms with Crippen LogP contribution in [-0.2, 0) is 19.8 Å². The average Bonchev–Trinajstić information content (AvgIpc) is 2.93. The summed E-state index contributed by atoms with van der Waals surface area (Å²) in [6.45, 7) is 3.18. The Labute approximate surface area is 150 Å². The number of amides is 2. The Morgan fingerprint density at radius 2 is 1.72 bits per heavy atom. The van der Waals surface area contributed by atoms with E-state index in [2.05, 4.69) is 0 Å². The Morgan fingerprint density at radius 3 is 2.24 bits per heavy atom. The molecule has 9 nitrogen and oxygen atoms in total. The highest BCUT2D eigenvalue weighted by molar-refractivity contribution is 7.86. The fourth-order valence-corrected chi connectivity index (χ4v) is 4.19. The van der Waals surface area contributed by atoms with E-state index in [9.17, 15) is 18.0 Å². The first-order valence-electron chi connectivity index (χ1n) is 8.52. The van der Waals surface area contributed by atoms with Gasteiger partial charge in [0.1, 0.15) is 0 Å². The zero-order valence-electron chi connectivity index (χ0n) is 15.5. The zero-order valence-corrected chi connectivity index (χ0v) is 16.3. The van der Waals surface area contributed by atoms with Gasteiger partial charge in [-0.05, 0) is 14.1 Å². The van der Waals surface area contributed by atoms with Crippen LogP contribution in [-0.4, -0.2) is 118 Å². The van der Waals surface area contributed by atoms with E-state index in [1.807, 2.05) is 19.0 Å². The van der Waals surface area contributed by atoms with E-state index in [0.29, 0.717) is 26.2 Å². The summed E-state index contributed by atoms with van der Waals surface area (Å²) < 4.78 is 26.8. The van der Waals surface area contributed by atoms with Crippen LogP contribution < -0.4 is 0 Å². The lowest BCUT2D eigenvalue weighted by Gasteiger charge is -2.36. The van der Waals surface area contributed by atoms with Crippen molar-refractivity contribution in [2.45, 2.75) is 6.42 Å². The second kappa shape index (κ2) is 7.98. The van der Waals surface area contributed by atoms with Gasteiger partial charge in [-0.15, -0.1) is 0 Å². The second-order valence-electron chi connectivity index (χ2n) is 7.06. The summed E-state index contributed by atoms with van der Waals surface area (Å²) in [7, 11) is 3.46. The maximum absolute atomic E-state index is 12.7. The van der Waals surface area contributed by atoms with E-state index in [4.69, 9.17) is 0 Å². The molecule has 144 valence electrons. The van der Waals surface area contributed by atoms with Gasteiger partial charge in [0.05, 0.1) is 5.92 Å². The monoisotopic (exact) mass is 375 g/mol. The van der Waals surface area contributed by atoms with Crippen LogP contribution in [0.4, 0.5) is 0 Å². The molecule has 2 saturated heterocycles. The van der Waals surface area contributed by atoms with Gasteiger partial charge in [0.25, 0.3) is 10.2 Å². The van der Waals surface area contributed by atoms with Crippen molar-refractivity contribution in [3.63, 3.8) is 0 Å². The molecule has 0 N–H and O–H groups in total. The smallest absolute Gasteiger partial charge is 0.281 e. The van der Waals surface area contributed by atoms with E-state index >= 15 is 0 Å². The fourth-order valence-electron chi connectivity index (χ4n) is 3.10. The molecule has 25 heavy (non-hydrogen) atoms. The van der Waals surface area contributed by atoms with E-state index in [1.54, 1.807) is 9.80 Å².